The summed E-state index contributed by atoms with van der Waals surface area (Å²) in [6.45, 7) is 1.64. The van der Waals surface area contributed by atoms with E-state index in [0.29, 0.717) is 11.3 Å². The molecule has 3 N–H and O–H groups in total. The van der Waals surface area contributed by atoms with Gasteiger partial charge in [-0.15, -0.1) is 0 Å². The third kappa shape index (κ3) is 2.56. The third-order valence-electron chi connectivity index (χ3n) is 4.48. The molecule has 4 amide bonds. The van der Waals surface area contributed by atoms with Gasteiger partial charge in [0.25, 0.3) is 5.91 Å². The van der Waals surface area contributed by atoms with Crippen molar-refractivity contribution in [3.05, 3.63) is 29.8 Å². The fourth-order valence-corrected chi connectivity index (χ4v) is 3.09. The molecular formula is C16H19N3O3. The van der Waals surface area contributed by atoms with Crippen LogP contribution in [-0.4, -0.2) is 17.8 Å². The lowest BCUT2D eigenvalue weighted by Crippen LogP contribution is -2.40. The van der Waals surface area contributed by atoms with Gasteiger partial charge in [-0.25, -0.2) is 4.79 Å². The first kappa shape index (κ1) is 14.6. The molecule has 6 nitrogen and oxygen atoms in total. The smallest absolute Gasteiger partial charge is 0.322 e. The minimum absolute atomic E-state index is 0.0275. The predicted molar refractivity (Wildman–Crippen MR) is 81.1 cm³/mol. The van der Waals surface area contributed by atoms with E-state index in [0.717, 1.165) is 25.7 Å². The number of carbonyl (C=O) groups excluding carboxylic acids is 3. The fourth-order valence-electron chi connectivity index (χ4n) is 3.09. The molecule has 0 bridgehead atoms. The van der Waals surface area contributed by atoms with Crippen molar-refractivity contribution in [2.45, 2.75) is 38.1 Å². The minimum atomic E-state index is -1.11. The Hall–Kier alpha value is -2.37. The highest BCUT2D eigenvalue weighted by molar-refractivity contribution is 6.07. The predicted octanol–water partition coefficient (Wildman–Crippen LogP) is 1.87. The van der Waals surface area contributed by atoms with E-state index in [1.54, 1.807) is 31.2 Å². The molecule has 2 fully saturated rings. The Kier molecular flexibility index (Phi) is 3.60. The van der Waals surface area contributed by atoms with Crippen LogP contribution in [0.1, 0.15) is 38.2 Å². The highest BCUT2D eigenvalue weighted by Crippen LogP contribution is 2.28. The van der Waals surface area contributed by atoms with Gasteiger partial charge in [-0.2, -0.15) is 0 Å². The van der Waals surface area contributed by atoms with Crippen molar-refractivity contribution in [3.63, 3.8) is 0 Å². The van der Waals surface area contributed by atoms with Crippen LogP contribution in [0, 0.1) is 5.92 Å². The van der Waals surface area contributed by atoms with Gasteiger partial charge >= 0.3 is 6.03 Å². The van der Waals surface area contributed by atoms with Gasteiger partial charge in [0.05, 0.1) is 0 Å². The van der Waals surface area contributed by atoms with E-state index >= 15 is 0 Å². The quantitative estimate of drug-likeness (QED) is 0.745. The second-order valence-corrected chi connectivity index (χ2v) is 6.08. The van der Waals surface area contributed by atoms with Gasteiger partial charge < -0.3 is 10.6 Å². The number of nitrogens with one attached hydrogen (secondary N) is 3. The Labute approximate surface area is 128 Å². The molecule has 0 aromatic heterocycles. The van der Waals surface area contributed by atoms with E-state index in [-0.39, 0.29) is 11.8 Å². The topological polar surface area (TPSA) is 87.3 Å². The monoisotopic (exact) mass is 301 g/mol. The summed E-state index contributed by atoms with van der Waals surface area (Å²) in [4.78, 5) is 35.5. The zero-order valence-corrected chi connectivity index (χ0v) is 12.4. The molecule has 1 aliphatic heterocycles. The zero-order valence-electron chi connectivity index (χ0n) is 12.4. The van der Waals surface area contributed by atoms with Crippen LogP contribution in [0.15, 0.2) is 24.3 Å². The molecule has 1 aromatic carbocycles. The second kappa shape index (κ2) is 5.44. The fraction of sp³-hybridized carbons (Fsp3) is 0.438. The highest BCUT2D eigenvalue weighted by Gasteiger charge is 2.43. The molecule has 1 aromatic rings. The lowest BCUT2D eigenvalue weighted by molar-refractivity contribution is -0.123. The van der Waals surface area contributed by atoms with Gasteiger partial charge in [0.1, 0.15) is 5.54 Å². The molecule has 3 rings (SSSR count). The Morgan fingerprint density at radius 1 is 1.27 bits per heavy atom. The third-order valence-corrected chi connectivity index (χ3v) is 4.48. The molecule has 1 saturated carbocycles. The van der Waals surface area contributed by atoms with Gasteiger partial charge in [-0.05, 0) is 37.5 Å². The molecule has 6 heteroatoms. The Bertz CT molecular complexity index is 637. The van der Waals surface area contributed by atoms with Crippen LogP contribution in [0.3, 0.4) is 0 Å². The van der Waals surface area contributed by atoms with Crippen LogP contribution in [0.4, 0.5) is 10.5 Å². The minimum Gasteiger partial charge on any atom is -0.326 e. The van der Waals surface area contributed by atoms with E-state index in [2.05, 4.69) is 16.0 Å². The number of hydrogen-bond donors (Lipinski definition) is 3. The van der Waals surface area contributed by atoms with Crippen molar-refractivity contribution in [3.8, 4) is 0 Å². The average Bonchev–Trinajstić information content (AvgIpc) is 3.09. The van der Waals surface area contributed by atoms with Crippen molar-refractivity contribution >= 4 is 23.5 Å². The lowest BCUT2D eigenvalue weighted by Gasteiger charge is -2.22. The van der Waals surface area contributed by atoms with Gasteiger partial charge in [0.2, 0.25) is 5.91 Å². The molecule has 0 radical (unpaired) electrons. The van der Waals surface area contributed by atoms with Gasteiger partial charge in [-0.1, -0.05) is 25.0 Å². The number of hydrogen-bond acceptors (Lipinski definition) is 3. The zero-order chi connectivity index (χ0) is 15.7. The summed E-state index contributed by atoms with van der Waals surface area (Å²) in [5.74, 6) is -0.287. The summed E-state index contributed by atoms with van der Waals surface area (Å²) in [5, 5.41) is 7.76. The average molecular weight is 301 g/mol. The SMILES string of the molecule is C[C@@]1(c2cccc(NC(=O)C3CCCC3)c2)NC(=O)NC1=O. The summed E-state index contributed by atoms with van der Waals surface area (Å²) in [5.41, 5.74) is 0.176. The van der Waals surface area contributed by atoms with Crippen LogP contribution in [-0.2, 0) is 15.1 Å². The van der Waals surface area contributed by atoms with Crippen LogP contribution >= 0.6 is 0 Å². The first-order valence-electron chi connectivity index (χ1n) is 7.54. The number of imide groups is 1. The number of urea groups is 1. The highest BCUT2D eigenvalue weighted by atomic mass is 16.2. The second-order valence-electron chi connectivity index (χ2n) is 6.08. The summed E-state index contributed by atoms with van der Waals surface area (Å²) in [6.07, 6.45) is 4.06. The van der Waals surface area contributed by atoms with E-state index < -0.39 is 17.5 Å². The Morgan fingerprint density at radius 2 is 2.00 bits per heavy atom. The summed E-state index contributed by atoms with van der Waals surface area (Å²) < 4.78 is 0. The molecule has 1 atom stereocenters. The van der Waals surface area contributed by atoms with Gasteiger partial charge in [0, 0.05) is 11.6 Å². The lowest BCUT2D eigenvalue weighted by atomic mass is 9.92. The molecule has 1 aliphatic carbocycles. The molecular weight excluding hydrogens is 282 g/mol. The van der Waals surface area contributed by atoms with Crippen LogP contribution in [0.25, 0.3) is 0 Å². The number of carbonyl (C=O) groups is 3. The standard InChI is InChI=1S/C16H19N3O3/c1-16(14(21)18-15(22)19-16)11-7-4-8-12(9-11)17-13(20)10-5-2-3-6-10/h4,7-10H,2-3,5-6H2,1H3,(H,17,20)(H2,18,19,21,22)/t16-/m0/s1. The molecule has 1 saturated heterocycles. The van der Waals surface area contributed by atoms with E-state index in [1.807, 2.05) is 0 Å². The van der Waals surface area contributed by atoms with E-state index in [9.17, 15) is 14.4 Å². The van der Waals surface area contributed by atoms with Crippen molar-refractivity contribution in [1.82, 2.24) is 10.6 Å². The number of amides is 4. The maximum absolute atomic E-state index is 12.2. The number of anilines is 1. The summed E-state index contributed by atoms with van der Waals surface area (Å²) in [6, 6.07) is 6.54. The molecule has 116 valence electrons. The summed E-state index contributed by atoms with van der Waals surface area (Å²) in [7, 11) is 0. The Balaban J connectivity index is 1.79. The first-order valence-corrected chi connectivity index (χ1v) is 7.54. The van der Waals surface area contributed by atoms with Crippen LogP contribution < -0.4 is 16.0 Å². The summed E-state index contributed by atoms with van der Waals surface area (Å²) >= 11 is 0. The van der Waals surface area contributed by atoms with Crippen molar-refractivity contribution in [1.29, 1.82) is 0 Å². The van der Waals surface area contributed by atoms with E-state index in [1.165, 1.54) is 0 Å². The van der Waals surface area contributed by atoms with Crippen molar-refractivity contribution in [2.24, 2.45) is 5.92 Å². The van der Waals surface area contributed by atoms with Crippen molar-refractivity contribution in [2.75, 3.05) is 5.32 Å². The largest absolute Gasteiger partial charge is 0.326 e. The molecule has 0 spiro atoms. The first-order chi connectivity index (χ1) is 10.5. The molecule has 22 heavy (non-hydrogen) atoms. The maximum Gasteiger partial charge on any atom is 0.322 e. The molecule has 1 heterocycles. The van der Waals surface area contributed by atoms with Crippen molar-refractivity contribution < 1.29 is 14.4 Å². The van der Waals surface area contributed by atoms with Crippen LogP contribution in [0.2, 0.25) is 0 Å². The normalized spacial score (nSPS) is 25.0. The Morgan fingerprint density at radius 3 is 2.64 bits per heavy atom. The van der Waals surface area contributed by atoms with Crippen LogP contribution in [0.5, 0.6) is 0 Å². The van der Waals surface area contributed by atoms with E-state index in [4.69, 9.17) is 0 Å². The maximum atomic E-state index is 12.2. The molecule has 0 unspecified atom stereocenters. The molecule has 2 aliphatic rings. The number of rotatable bonds is 3. The number of benzene rings is 1. The van der Waals surface area contributed by atoms with Gasteiger partial charge in [0.15, 0.2) is 0 Å². The van der Waals surface area contributed by atoms with Gasteiger partial charge in [-0.3, -0.25) is 14.9 Å².